The molecule has 1 aromatic carbocycles. The van der Waals surface area contributed by atoms with Gasteiger partial charge in [-0.15, -0.1) is 0 Å². The van der Waals surface area contributed by atoms with E-state index in [9.17, 15) is 5.11 Å². The zero-order valence-electron chi connectivity index (χ0n) is 11.1. The first-order valence-corrected chi connectivity index (χ1v) is 8.06. The highest BCUT2D eigenvalue weighted by Crippen LogP contribution is 2.30. The Morgan fingerprint density at radius 3 is 2.95 bits per heavy atom. The van der Waals surface area contributed by atoms with Crippen molar-refractivity contribution in [3.63, 3.8) is 0 Å². The molecule has 1 aromatic rings. The van der Waals surface area contributed by atoms with Crippen molar-refractivity contribution < 1.29 is 9.84 Å². The number of aliphatic hydroxyl groups is 1. The van der Waals surface area contributed by atoms with Gasteiger partial charge < -0.3 is 15.2 Å². The summed E-state index contributed by atoms with van der Waals surface area (Å²) < 4.78 is 5.26. The lowest BCUT2D eigenvalue weighted by Crippen LogP contribution is -2.52. The minimum atomic E-state index is -0.0497. The molecule has 0 bridgehead atoms. The van der Waals surface area contributed by atoms with Crippen LogP contribution in [0.5, 0.6) is 0 Å². The van der Waals surface area contributed by atoms with E-state index in [0.29, 0.717) is 19.3 Å². The van der Waals surface area contributed by atoms with Crippen LogP contribution in [0.1, 0.15) is 17.2 Å². The monoisotopic (exact) mass is 279 g/mol. The van der Waals surface area contributed by atoms with Crippen LogP contribution in [0.3, 0.4) is 0 Å². The molecule has 19 heavy (non-hydrogen) atoms. The van der Waals surface area contributed by atoms with Crippen LogP contribution < -0.4 is 5.32 Å². The molecule has 4 heteroatoms. The van der Waals surface area contributed by atoms with E-state index in [1.165, 1.54) is 16.9 Å². The van der Waals surface area contributed by atoms with Crippen molar-refractivity contribution in [2.75, 3.05) is 37.9 Å². The van der Waals surface area contributed by atoms with Crippen LogP contribution in [-0.2, 0) is 11.2 Å². The number of ether oxygens (including phenoxy) is 1. The Balaban J connectivity index is 1.70. The van der Waals surface area contributed by atoms with Crippen LogP contribution in [0.25, 0.3) is 0 Å². The first-order valence-electron chi connectivity index (χ1n) is 6.91. The third-order valence-corrected chi connectivity index (χ3v) is 5.17. The molecule has 0 radical (unpaired) electrons. The molecule has 0 aliphatic carbocycles. The third kappa shape index (κ3) is 2.82. The summed E-state index contributed by atoms with van der Waals surface area (Å²) in [6, 6.07) is 9.12. The number of hydrogen-bond donors (Lipinski definition) is 2. The SMILES string of the molecule is OCC1(CNC2CSCCc3ccccc32)COC1. The van der Waals surface area contributed by atoms with Crippen molar-refractivity contribution in [2.24, 2.45) is 5.41 Å². The maximum absolute atomic E-state index is 9.49. The van der Waals surface area contributed by atoms with E-state index in [1.54, 1.807) is 0 Å². The second kappa shape index (κ2) is 5.83. The van der Waals surface area contributed by atoms with Crippen LogP contribution in [0.2, 0.25) is 0 Å². The molecule has 0 amide bonds. The largest absolute Gasteiger partial charge is 0.396 e. The molecule has 2 aliphatic heterocycles. The molecule has 1 fully saturated rings. The molecule has 0 aromatic heterocycles. The Labute approximate surface area is 118 Å². The molecule has 2 heterocycles. The molecule has 104 valence electrons. The van der Waals surface area contributed by atoms with Gasteiger partial charge in [-0.25, -0.2) is 0 Å². The average molecular weight is 279 g/mol. The second-order valence-corrected chi connectivity index (χ2v) is 6.76. The van der Waals surface area contributed by atoms with Gasteiger partial charge in [0, 0.05) is 18.3 Å². The highest BCUT2D eigenvalue weighted by Gasteiger charge is 2.38. The van der Waals surface area contributed by atoms with Gasteiger partial charge in [0.25, 0.3) is 0 Å². The Kier molecular flexibility index (Phi) is 4.12. The number of benzene rings is 1. The molecular formula is C15H21NO2S. The van der Waals surface area contributed by atoms with Crippen molar-refractivity contribution in [3.05, 3.63) is 35.4 Å². The Morgan fingerprint density at radius 2 is 2.21 bits per heavy atom. The highest BCUT2D eigenvalue weighted by atomic mass is 32.2. The van der Waals surface area contributed by atoms with Crippen molar-refractivity contribution in [1.82, 2.24) is 5.32 Å². The zero-order chi connectivity index (χ0) is 13.1. The summed E-state index contributed by atoms with van der Waals surface area (Å²) in [6.45, 7) is 2.40. The Hall–Kier alpha value is -0.550. The molecule has 0 saturated carbocycles. The van der Waals surface area contributed by atoms with E-state index in [4.69, 9.17) is 4.74 Å². The molecule has 2 aliphatic rings. The van der Waals surface area contributed by atoms with Gasteiger partial charge in [-0.2, -0.15) is 11.8 Å². The second-order valence-electron chi connectivity index (χ2n) is 5.61. The minimum Gasteiger partial charge on any atom is -0.396 e. The molecule has 3 rings (SSSR count). The number of thioether (sulfide) groups is 1. The number of rotatable bonds is 4. The van der Waals surface area contributed by atoms with Crippen LogP contribution in [0, 0.1) is 5.41 Å². The highest BCUT2D eigenvalue weighted by molar-refractivity contribution is 7.99. The van der Waals surface area contributed by atoms with Crippen LogP contribution in [0.15, 0.2) is 24.3 Å². The number of nitrogens with one attached hydrogen (secondary N) is 1. The molecule has 1 unspecified atom stereocenters. The van der Waals surface area contributed by atoms with Gasteiger partial charge in [0.15, 0.2) is 0 Å². The van der Waals surface area contributed by atoms with Gasteiger partial charge in [-0.05, 0) is 23.3 Å². The van der Waals surface area contributed by atoms with E-state index in [2.05, 4.69) is 29.6 Å². The van der Waals surface area contributed by atoms with Gasteiger partial charge in [-0.3, -0.25) is 0 Å². The number of fused-ring (bicyclic) bond motifs is 1. The van der Waals surface area contributed by atoms with Gasteiger partial charge in [0.2, 0.25) is 0 Å². The lowest BCUT2D eigenvalue weighted by atomic mass is 9.86. The van der Waals surface area contributed by atoms with Crippen LogP contribution in [-0.4, -0.2) is 43.0 Å². The standard InChI is InChI=1S/C15H21NO2S/c17-9-15(10-18-11-15)8-16-14-7-19-6-5-12-3-1-2-4-13(12)14/h1-4,14,16-17H,5-11H2. The Bertz CT molecular complexity index is 428. The average Bonchev–Trinajstić information content (AvgIpc) is 2.61. The molecular weight excluding hydrogens is 258 g/mol. The van der Waals surface area contributed by atoms with Crippen LogP contribution in [0.4, 0.5) is 0 Å². The summed E-state index contributed by atoms with van der Waals surface area (Å²) in [6.07, 6.45) is 1.16. The summed E-state index contributed by atoms with van der Waals surface area (Å²) >= 11 is 2.01. The Morgan fingerprint density at radius 1 is 1.37 bits per heavy atom. The normalized spacial score (nSPS) is 25.2. The first-order chi connectivity index (χ1) is 9.33. The predicted octanol–water partition coefficient (Wildman–Crippen LogP) is 1.62. The summed E-state index contributed by atoms with van der Waals surface area (Å²) in [7, 11) is 0. The predicted molar refractivity (Wildman–Crippen MR) is 78.6 cm³/mol. The van der Waals surface area contributed by atoms with Crippen molar-refractivity contribution >= 4 is 11.8 Å². The number of aryl methyl sites for hydroxylation is 1. The fourth-order valence-electron chi connectivity index (χ4n) is 2.72. The van der Waals surface area contributed by atoms with E-state index < -0.39 is 0 Å². The minimum absolute atomic E-state index is 0.0497. The van der Waals surface area contributed by atoms with Crippen LogP contribution >= 0.6 is 11.8 Å². The summed E-state index contributed by atoms with van der Waals surface area (Å²) in [5, 5.41) is 13.1. The van der Waals surface area contributed by atoms with Crippen molar-refractivity contribution in [1.29, 1.82) is 0 Å². The van der Waals surface area contributed by atoms with Crippen molar-refractivity contribution in [3.8, 4) is 0 Å². The van der Waals surface area contributed by atoms with Gasteiger partial charge in [-0.1, -0.05) is 24.3 Å². The number of aliphatic hydroxyl groups excluding tert-OH is 1. The van der Waals surface area contributed by atoms with Crippen molar-refractivity contribution in [2.45, 2.75) is 12.5 Å². The fourth-order valence-corrected chi connectivity index (χ4v) is 3.79. The maximum atomic E-state index is 9.49. The lowest BCUT2D eigenvalue weighted by molar-refractivity contribution is -0.135. The van der Waals surface area contributed by atoms with E-state index in [1.807, 2.05) is 11.8 Å². The summed E-state index contributed by atoms with van der Waals surface area (Å²) in [5.41, 5.74) is 2.85. The number of hydrogen-bond acceptors (Lipinski definition) is 4. The molecule has 2 N–H and O–H groups in total. The van der Waals surface area contributed by atoms with E-state index in [-0.39, 0.29) is 12.0 Å². The van der Waals surface area contributed by atoms with Gasteiger partial charge >= 0.3 is 0 Å². The summed E-state index contributed by atoms with van der Waals surface area (Å²) in [4.78, 5) is 0. The lowest BCUT2D eigenvalue weighted by Gasteiger charge is -2.41. The molecule has 1 saturated heterocycles. The molecule has 1 atom stereocenters. The topological polar surface area (TPSA) is 41.5 Å². The smallest absolute Gasteiger partial charge is 0.0579 e. The molecule has 0 spiro atoms. The zero-order valence-corrected chi connectivity index (χ0v) is 11.9. The summed E-state index contributed by atoms with van der Waals surface area (Å²) in [5.74, 6) is 2.31. The third-order valence-electron chi connectivity index (χ3n) is 4.11. The first kappa shape index (κ1) is 13.4. The van der Waals surface area contributed by atoms with Gasteiger partial charge in [0.05, 0.1) is 25.2 Å². The quantitative estimate of drug-likeness (QED) is 0.879. The maximum Gasteiger partial charge on any atom is 0.0579 e. The van der Waals surface area contributed by atoms with E-state index in [0.717, 1.165) is 18.7 Å². The molecule has 3 nitrogen and oxygen atoms in total. The fraction of sp³-hybridized carbons (Fsp3) is 0.600. The van der Waals surface area contributed by atoms with E-state index >= 15 is 0 Å². The van der Waals surface area contributed by atoms with Gasteiger partial charge in [0.1, 0.15) is 0 Å².